The molecule has 5 heteroatoms. The Balaban J connectivity index is 2.70. The minimum atomic E-state index is -1.00. The number of carbonyl (C=O) groups is 1. The number of rotatable bonds is 6. The molecule has 18 heavy (non-hydrogen) atoms. The Hall–Kier alpha value is -1.62. The lowest BCUT2D eigenvalue weighted by Gasteiger charge is -2.26. The molecule has 0 saturated heterocycles. The van der Waals surface area contributed by atoms with Crippen LogP contribution in [0.25, 0.3) is 0 Å². The molecule has 0 amide bonds. The van der Waals surface area contributed by atoms with Crippen LogP contribution >= 0.6 is 0 Å². The van der Waals surface area contributed by atoms with Crippen LogP contribution in [0, 0.1) is 5.82 Å². The highest BCUT2D eigenvalue weighted by atomic mass is 19.1. The second-order valence-electron chi connectivity index (χ2n) is 4.02. The number of carbonyl (C=O) groups excluding carboxylic acids is 1. The van der Waals surface area contributed by atoms with Gasteiger partial charge >= 0.3 is 5.97 Å². The summed E-state index contributed by atoms with van der Waals surface area (Å²) in [4.78, 5) is 11.7. The molecule has 0 spiro atoms. The molecule has 1 atom stereocenters. The molecular formula is C13H18FNO3. The van der Waals surface area contributed by atoms with E-state index < -0.39 is 17.3 Å². The molecule has 1 N–H and O–H groups in total. The lowest BCUT2D eigenvalue weighted by atomic mass is 10.1. The zero-order valence-corrected chi connectivity index (χ0v) is 10.8. The third-order valence-electron chi connectivity index (χ3n) is 2.63. The molecule has 0 aromatic heterocycles. The van der Waals surface area contributed by atoms with Crippen molar-refractivity contribution >= 4 is 5.97 Å². The molecule has 100 valence electrons. The molecule has 4 nitrogen and oxygen atoms in total. The summed E-state index contributed by atoms with van der Waals surface area (Å²) < 4.78 is 23.6. The van der Waals surface area contributed by atoms with Crippen LogP contribution in [0.1, 0.15) is 13.8 Å². The summed E-state index contributed by atoms with van der Waals surface area (Å²) >= 11 is 0. The van der Waals surface area contributed by atoms with Crippen LogP contribution in [0.4, 0.5) is 4.39 Å². The SMILES string of the molecule is CCOC(=O)C(C)(COc1ccccc1F)NC. The molecule has 0 saturated carbocycles. The Bertz CT molecular complexity index is 411. The summed E-state index contributed by atoms with van der Waals surface area (Å²) in [5.74, 6) is -0.771. The van der Waals surface area contributed by atoms with Crippen LogP contribution in [0.15, 0.2) is 24.3 Å². The van der Waals surface area contributed by atoms with Crippen molar-refractivity contribution in [3.8, 4) is 5.75 Å². The van der Waals surface area contributed by atoms with Gasteiger partial charge in [-0.1, -0.05) is 12.1 Å². The van der Waals surface area contributed by atoms with Gasteiger partial charge in [0.25, 0.3) is 0 Å². The van der Waals surface area contributed by atoms with E-state index in [4.69, 9.17) is 9.47 Å². The van der Waals surface area contributed by atoms with Crippen molar-refractivity contribution in [3.05, 3.63) is 30.1 Å². The largest absolute Gasteiger partial charge is 0.488 e. The normalized spacial score (nSPS) is 13.8. The molecule has 0 bridgehead atoms. The Labute approximate surface area is 106 Å². The second-order valence-corrected chi connectivity index (χ2v) is 4.02. The quantitative estimate of drug-likeness (QED) is 0.787. The summed E-state index contributed by atoms with van der Waals surface area (Å²) in [6, 6.07) is 6.05. The predicted octanol–water partition coefficient (Wildman–Crippen LogP) is 1.75. The van der Waals surface area contributed by atoms with E-state index >= 15 is 0 Å². The highest BCUT2D eigenvalue weighted by Gasteiger charge is 2.34. The first-order chi connectivity index (χ1) is 8.53. The zero-order chi connectivity index (χ0) is 13.6. The monoisotopic (exact) mass is 255 g/mol. The number of hydrogen-bond donors (Lipinski definition) is 1. The third-order valence-corrected chi connectivity index (χ3v) is 2.63. The topological polar surface area (TPSA) is 47.6 Å². The summed E-state index contributed by atoms with van der Waals surface area (Å²) in [6.07, 6.45) is 0. The van der Waals surface area contributed by atoms with E-state index in [-0.39, 0.29) is 19.0 Å². The maximum absolute atomic E-state index is 13.4. The fraction of sp³-hybridized carbons (Fsp3) is 0.462. The Morgan fingerprint density at radius 3 is 2.67 bits per heavy atom. The molecule has 0 radical (unpaired) electrons. The Morgan fingerprint density at radius 2 is 2.11 bits per heavy atom. The molecule has 1 aromatic carbocycles. The lowest BCUT2D eigenvalue weighted by molar-refractivity contribution is -0.151. The van der Waals surface area contributed by atoms with E-state index in [0.717, 1.165) is 0 Å². The van der Waals surface area contributed by atoms with Crippen molar-refractivity contribution in [1.29, 1.82) is 0 Å². The van der Waals surface area contributed by atoms with Gasteiger partial charge in [0.15, 0.2) is 11.6 Å². The molecule has 0 aliphatic carbocycles. The van der Waals surface area contributed by atoms with Crippen LogP contribution in [-0.2, 0) is 9.53 Å². The van der Waals surface area contributed by atoms with Gasteiger partial charge in [-0.3, -0.25) is 0 Å². The van der Waals surface area contributed by atoms with Crippen LogP contribution < -0.4 is 10.1 Å². The summed E-state index contributed by atoms with van der Waals surface area (Å²) in [5.41, 5.74) is -1.00. The van der Waals surface area contributed by atoms with Gasteiger partial charge in [-0.15, -0.1) is 0 Å². The fourth-order valence-corrected chi connectivity index (χ4v) is 1.31. The smallest absolute Gasteiger partial charge is 0.329 e. The predicted molar refractivity (Wildman–Crippen MR) is 66.0 cm³/mol. The van der Waals surface area contributed by atoms with Gasteiger partial charge in [0.05, 0.1) is 6.61 Å². The van der Waals surface area contributed by atoms with E-state index in [1.807, 2.05) is 0 Å². The standard InChI is InChI=1S/C13H18FNO3/c1-4-17-12(16)13(2,15-3)9-18-11-8-6-5-7-10(11)14/h5-8,15H,4,9H2,1-3H3. The minimum absolute atomic E-state index is 0.0106. The number of para-hydroxylation sites is 1. The first-order valence-electron chi connectivity index (χ1n) is 5.77. The molecular weight excluding hydrogens is 237 g/mol. The average molecular weight is 255 g/mol. The number of likely N-dealkylation sites (N-methyl/N-ethyl adjacent to an activating group) is 1. The number of esters is 1. The van der Waals surface area contributed by atoms with Gasteiger partial charge in [-0.25, -0.2) is 9.18 Å². The van der Waals surface area contributed by atoms with Crippen molar-refractivity contribution in [2.45, 2.75) is 19.4 Å². The number of nitrogens with one attached hydrogen (secondary N) is 1. The lowest BCUT2D eigenvalue weighted by Crippen LogP contribution is -2.53. The van der Waals surface area contributed by atoms with Crippen LogP contribution in [-0.4, -0.2) is 31.8 Å². The van der Waals surface area contributed by atoms with Crippen molar-refractivity contribution in [1.82, 2.24) is 5.32 Å². The maximum atomic E-state index is 13.4. The highest BCUT2D eigenvalue weighted by molar-refractivity contribution is 5.80. The van der Waals surface area contributed by atoms with Gasteiger partial charge in [0.2, 0.25) is 0 Å². The number of halogens is 1. The van der Waals surface area contributed by atoms with Gasteiger partial charge in [0.1, 0.15) is 12.1 Å². The average Bonchev–Trinajstić information content (AvgIpc) is 2.37. The first-order valence-corrected chi connectivity index (χ1v) is 5.77. The van der Waals surface area contributed by atoms with Crippen molar-refractivity contribution in [2.75, 3.05) is 20.3 Å². The van der Waals surface area contributed by atoms with Crippen molar-refractivity contribution in [2.24, 2.45) is 0 Å². The van der Waals surface area contributed by atoms with E-state index in [1.165, 1.54) is 12.1 Å². The number of hydrogen-bond acceptors (Lipinski definition) is 4. The van der Waals surface area contributed by atoms with Gasteiger partial charge in [-0.2, -0.15) is 0 Å². The maximum Gasteiger partial charge on any atom is 0.329 e. The van der Waals surface area contributed by atoms with Crippen LogP contribution in [0.5, 0.6) is 5.75 Å². The summed E-state index contributed by atoms with van der Waals surface area (Å²) in [6.45, 7) is 3.65. The summed E-state index contributed by atoms with van der Waals surface area (Å²) in [5, 5.41) is 2.83. The number of benzene rings is 1. The van der Waals surface area contributed by atoms with Gasteiger partial charge in [0, 0.05) is 0 Å². The van der Waals surface area contributed by atoms with E-state index in [1.54, 1.807) is 33.0 Å². The van der Waals surface area contributed by atoms with Crippen LogP contribution in [0.2, 0.25) is 0 Å². The number of ether oxygens (including phenoxy) is 2. The molecule has 0 aliphatic heterocycles. The Morgan fingerprint density at radius 1 is 1.44 bits per heavy atom. The van der Waals surface area contributed by atoms with Crippen molar-refractivity contribution < 1.29 is 18.7 Å². The van der Waals surface area contributed by atoms with E-state index in [9.17, 15) is 9.18 Å². The summed E-state index contributed by atoms with van der Waals surface area (Å²) in [7, 11) is 1.63. The van der Waals surface area contributed by atoms with E-state index in [2.05, 4.69) is 5.32 Å². The van der Waals surface area contributed by atoms with Gasteiger partial charge in [-0.05, 0) is 33.0 Å². The molecule has 0 heterocycles. The fourth-order valence-electron chi connectivity index (χ4n) is 1.31. The molecule has 1 unspecified atom stereocenters. The highest BCUT2D eigenvalue weighted by Crippen LogP contribution is 2.17. The Kier molecular flexibility index (Phi) is 5.09. The van der Waals surface area contributed by atoms with Crippen LogP contribution in [0.3, 0.4) is 0 Å². The molecule has 1 aromatic rings. The van der Waals surface area contributed by atoms with Gasteiger partial charge < -0.3 is 14.8 Å². The molecule has 0 aliphatic rings. The first kappa shape index (κ1) is 14.4. The third kappa shape index (κ3) is 3.43. The zero-order valence-electron chi connectivity index (χ0n) is 10.8. The molecule has 0 fully saturated rings. The second kappa shape index (κ2) is 6.35. The van der Waals surface area contributed by atoms with E-state index in [0.29, 0.717) is 0 Å². The molecule has 1 rings (SSSR count). The van der Waals surface area contributed by atoms with Crippen molar-refractivity contribution in [3.63, 3.8) is 0 Å². The minimum Gasteiger partial charge on any atom is -0.488 e.